The molecule has 10 nitrogen and oxygen atoms in total. The molecule has 2 heterocycles. The van der Waals surface area contributed by atoms with Crippen LogP contribution in [0.5, 0.6) is 11.5 Å². The number of aliphatic hydroxyl groups excluding tert-OH is 2. The molecule has 0 spiro atoms. The van der Waals surface area contributed by atoms with Crippen molar-refractivity contribution < 1.29 is 43.6 Å². The van der Waals surface area contributed by atoms with Crippen LogP contribution < -0.4 is 9.47 Å². The molecule has 2 aliphatic rings. The van der Waals surface area contributed by atoms with Crippen molar-refractivity contribution in [1.82, 2.24) is 5.06 Å². The Balaban J connectivity index is 1.79. The number of hydroxylamine groups is 2. The molecule has 0 aromatic heterocycles. The number of hydrogen-bond donors (Lipinski definition) is 2. The fourth-order valence-corrected chi connectivity index (χ4v) is 5.70. The van der Waals surface area contributed by atoms with Gasteiger partial charge in [0, 0.05) is 19.4 Å². The van der Waals surface area contributed by atoms with E-state index in [4.69, 9.17) is 19.0 Å². The molecule has 1 amide bonds. The van der Waals surface area contributed by atoms with Crippen molar-refractivity contribution in [3.63, 3.8) is 0 Å². The number of rotatable bonds is 9. The molecule has 40 heavy (non-hydrogen) atoms. The zero-order valence-corrected chi connectivity index (χ0v) is 22.2. The third kappa shape index (κ3) is 4.40. The van der Waals surface area contributed by atoms with E-state index in [2.05, 4.69) is 0 Å². The molecule has 208 valence electrons. The van der Waals surface area contributed by atoms with E-state index in [0.717, 1.165) is 5.06 Å². The summed E-state index contributed by atoms with van der Waals surface area (Å²) in [5.41, 5.74) is 0.593. The van der Waals surface area contributed by atoms with Crippen molar-refractivity contribution in [2.45, 2.75) is 24.0 Å². The second kappa shape index (κ2) is 10.7. The molecule has 0 saturated carbocycles. The SMILES string of the molecule is COc1ccc([C@]2([C@H](c3ccccc3)[C@@H](C(=O)N(C)OC)[C@@H](O)CO)Cc3ccc4c(c3O2)C(=O)OC4=O)cc1. The van der Waals surface area contributed by atoms with Crippen LogP contribution in [0.25, 0.3) is 0 Å². The number of esters is 2. The highest BCUT2D eigenvalue weighted by molar-refractivity contribution is 6.16. The van der Waals surface area contributed by atoms with Gasteiger partial charge in [0.25, 0.3) is 5.91 Å². The van der Waals surface area contributed by atoms with E-state index in [9.17, 15) is 24.6 Å². The van der Waals surface area contributed by atoms with Crippen molar-refractivity contribution >= 4 is 17.8 Å². The number of carbonyl (C=O) groups is 3. The molecule has 2 aliphatic heterocycles. The van der Waals surface area contributed by atoms with Crippen LogP contribution in [0, 0.1) is 5.92 Å². The van der Waals surface area contributed by atoms with E-state index in [1.807, 2.05) is 18.2 Å². The van der Waals surface area contributed by atoms with Crippen molar-refractivity contribution in [3.05, 3.63) is 94.5 Å². The Bertz CT molecular complexity index is 1440. The van der Waals surface area contributed by atoms with Gasteiger partial charge in [-0.25, -0.2) is 14.7 Å². The third-order valence-corrected chi connectivity index (χ3v) is 7.66. The topological polar surface area (TPSA) is 132 Å². The molecule has 0 saturated heterocycles. The van der Waals surface area contributed by atoms with Gasteiger partial charge in [-0.3, -0.25) is 9.63 Å². The highest BCUT2D eigenvalue weighted by Gasteiger charge is 2.56. The molecule has 5 rings (SSSR count). The Kier molecular flexibility index (Phi) is 7.33. The summed E-state index contributed by atoms with van der Waals surface area (Å²) in [6.45, 7) is -0.709. The summed E-state index contributed by atoms with van der Waals surface area (Å²) < 4.78 is 17.0. The van der Waals surface area contributed by atoms with Gasteiger partial charge in [-0.15, -0.1) is 0 Å². The van der Waals surface area contributed by atoms with E-state index in [1.54, 1.807) is 42.5 Å². The Labute approximate surface area is 230 Å². The third-order valence-electron chi connectivity index (χ3n) is 7.66. The van der Waals surface area contributed by atoms with Crippen LogP contribution in [0.4, 0.5) is 0 Å². The van der Waals surface area contributed by atoms with Gasteiger partial charge in [0.1, 0.15) is 22.7 Å². The van der Waals surface area contributed by atoms with Crippen molar-refractivity contribution in [3.8, 4) is 11.5 Å². The average molecular weight is 548 g/mol. The van der Waals surface area contributed by atoms with Crippen molar-refractivity contribution in [2.24, 2.45) is 5.92 Å². The Hall–Kier alpha value is -4.25. The maximum atomic E-state index is 13.8. The van der Waals surface area contributed by atoms with E-state index >= 15 is 0 Å². The van der Waals surface area contributed by atoms with Crippen molar-refractivity contribution in [2.75, 3.05) is 27.9 Å². The molecule has 3 aromatic rings. The lowest BCUT2D eigenvalue weighted by Crippen LogP contribution is -2.51. The minimum Gasteiger partial charge on any atom is -0.497 e. The van der Waals surface area contributed by atoms with Crippen LogP contribution in [0.3, 0.4) is 0 Å². The first-order valence-electron chi connectivity index (χ1n) is 12.7. The molecule has 10 heteroatoms. The molecule has 0 fully saturated rings. The standard InChI is InChI=1S/C30H29NO9/c1-31(38-3)27(34)24(22(33)16-32)25(17-7-5-4-6-8-17)30(19-10-12-20(37-2)13-11-19)15-18-9-14-21-23(26(18)40-30)29(36)39-28(21)35/h4-14,22,24-25,32-33H,15-16H2,1-3H3/t22-,24-,25+,30-/m0/s1. The Morgan fingerprint density at radius 1 is 1.02 bits per heavy atom. The van der Waals surface area contributed by atoms with Crippen molar-refractivity contribution in [1.29, 1.82) is 0 Å². The number of nitrogens with zero attached hydrogens (tertiary/aromatic N) is 1. The second-order valence-corrected chi connectivity index (χ2v) is 9.73. The van der Waals surface area contributed by atoms with Crippen LogP contribution in [0.1, 0.15) is 43.3 Å². The van der Waals surface area contributed by atoms with Gasteiger partial charge in [0.05, 0.1) is 38.4 Å². The van der Waals surface area contributed by atoms with E-state index in [1.165, 1.54) is 27.3 Å². The summed E-state index contributed by atoms with van der Waals surface area (Å²) >= 11 is 0. The van der Waals surface area contributed by atoms with Gasteiger partial charge < -0.3 is 24.4 Å². The molecule has 0 bridgehead atoms. The minimum absolute atomic E-state index is 0.0179. The summed E-state index contributed by atoms with van der Waals surface area (Å²) in [6.07, 6.45) is -1.34. The highest BCUT2D eigenvalue weighted by atomic mass is 16.7. The van der Waals surface area contributed by atoms with Crippen LogP contribution in [0.15, 0.2) is 66.7 Å². The van der Waals surface area contributed by atoms with Gasteiger partial charge in [-0.2, -0.15) is 0 Å². The maximum absolute atomic E-state index is 13.8. The molecule has 4 atom stereocenters. The lowest BCUT2D eigenvalue weighted by Gasteiger charge is -2.43. The van der Waals surface area contributed by atoms with Gasteiger partial charge in [0.15, 0.2) is 0 Å². The summed E-state index contributed by atoms with van der Waals surface area (Å²) in [6, 6.07) is 19.3. The zero-order chi connectivity index (χ0) is 28.6. The lowest BCUT2D eigenvalue weighted by atomic mass is 9.67. The molecule has 0 radical (unpaired) electrons. The number of hydrogen-bond acceptors (Lipinski definition) is 9. The normalized spacial score (nSPS) is 19.6. The highest BCUT2D eigenvalue weighted by Crippen LogP contribution is 2.55. The van der Waals surface area contributed by atoms with Crippen LogP contribution in [0.2, 0.25) is 0 Å². The van der Waals surface area contributed by atoms with E-state index in [0.29, 0.717) is 22.4 Å². The van der Waals surface area contributed by atoms with E-state index < -0.39 is 48.0 Å². The average Bonchev–Trinajstić information content (AvgIpc) is 3.52. The molecule has 3 aromatic carbocycles. The summed E-state index contributed by atoms with van der Waals surface area (Å²) in [4.78, 5) is 44.1. The van der Waals surface area contributed by atoms with Gasteiger partial charge >= 0.3 is 11.9 Å². The molecular formula is C30H29NO9. The maximum Gasteiger partial charge on any atom is 0.350 e. The monoisotopic (exact) mass is 547 g/mol. The predicted octanol–water partition coefficient (Wildman–Crippen LogP) is 2.61. The molecule has 2 N–H and O–H groups in total. The molecule has 0 aliphatic carbocycles. The number of methoxy groups -OCH3 is 1. The second-order valence-electron chi connectivity index (χ2n) is 9.73. The number of aliphatic hydroxyl groups is 2. The van der Waals surface area contributed by atoms with Crippen LogP contribution in [-0.4, -0.2) is 67.1 Å². The minimum atomic E-state index is -1.50. The zero-order valence-electron chi connectivity index (χ0n) is 22.2. The number of amides is 1. The van der Waals surface area contributed by atoms with Crippen LogP contribution in [-0.2, 0) is 26.4 Å². The van der Waals surface area contributed by atoms with Gasteiger partial charge in [-0.1, -0.05) is 48.5 Å². The van der Waals surface area contributed by atoms with Gasteiger partial charge in [-0.05, 0) is 34.9 Å². The Morgan fingerprint density at radius 3 is 2.35 bits per heavy atom. The summed E-state index contributed by atoms with van der Waals surface area (Å²) in [7, 11) is 4.28. The first-order chi connectivity index (χ1) is 19.2. The first kappa shape index (κ1) is 27.3. The number of ether oxygens (including phenoxy) is 3. The summed E-state index contributed by atoms with van der Waals surface area (Å²) in [5, 5.41) is 22.3. The molecular weight excluding hydrogens is 518 g/mol. The lowest BCUT2D eigenvalue weighted by molar-refractivity contribution is -0.182. The van der Waals surface area contributed by atoms with Crippen LogP contribution >= 0.6 is 0 Å². The smallest absolute Gasteiger partial charge is 0.350 e. The number of carbonyl (C=O) groups excluding carboxylic acids is 3. The van der Waals surface area contributed by atoms with Gasteiger partial charge in [0.2, 0.25) is 0 Å². The number of cyclic esters (lactones) is 2. The van der Waals surface area contributed by atoms with E-state index in [-0.39, 0.29) is 23.3 Å². The number of benzene rings is 3. The first-order valence-corrected chi connectivity index (χ1v) is 12.7. The fourth-order valence-electron chi connectivity index (χ4n) is 5.70. The predicted molar refractivity (Wildman–Crippen MR) is 141 cm³/mol. The molecule has 0 unspecified atom stereocenters. The largest absolute Gasteiger partial charge is 0.497 e. The fraction of sp³-hybridized carbons (Fsp3) is 0.300. The Morgan fingerprint density at radius 2 is 1.73 bits per heavy atom. The number of fused-ring (bicyclic) bond motifs is 3. The summed E-state index contributed by atoms with van der Waals surface area (Å²) in [5.74, 6) is -3.58. The quantitative estimate of drug-likeness (QED) is 0.236.